The molecule has 2 aromatic carbocycles. The van der Waals surface area contributed by atoms with Crippen molar-refractivity contribution in [3.63, 3.8) is 0 Å². The maximum Gasteiger partial charge on any atom is 0.285 e. The van der Waals surface area contributed by atoms with Gasteiger partial charge >= 0.3 is 0 Å². The predicted octanol–water partition coefficient (Wildman–Crippen LogP) is 4.54. The molecule has 1 aliphatic rings. The number of hydrazine groups is 1. The number of nitrogens with zero attached hydrogens (tertiary/aromatic N) is 1. The van der Waals surface area contributed by atoms with Crippen LogP contribution in [0.2, 0.25) is 10.0 Å². The number of benzene rings is 2. The zero-order valence-corrected chi connectivity index (χ0v) is 15.7. The van der Waals surface area contributed by atoms with Crippen molar-refractivity contribution in [1.82, 2.24) is 10.4 Å². The summed E-state index contributed by atoms with van der Waals surface area (Å²) in [7, 11) is 0. The van der Waals surface area contributed by atoms with Crippen LogP contribution in [0, 0.1) is 0 Å². The van der Waals surface area contributed by atoms with Gasteiger partial charge in [-0.2, -0.15) is 5.01 Å². The topological polar surface area (TPSA) is 49.4 Å². The van der Waals surface area contributed by atoms with Gasteiger partial charge in [0.15, 0.2) is 4.32 Å². The molecule has 1 saturated heterocycles. The first-order valence-corrected chi connectivity index (χ1v) is 9.03. The lowest BCUT2D eigenvalue weighted by Crippen LogP contribution is -2.44. The van der Waals surface area contributed by atoms with E-state index in [1.807, 2.05) is 30.3 Å². The number of amides is 2. The van der Waals surface area contributed by atoms with E-state index in [1.165, 1.54) is 12.1 Å². The molecule has 0 radical (unpaired) electrons. The van der Waals surface area contributed by atoms with E-state index >= 15 is 0 Å². The molecule has 3 rings (SSSR count). The quantitative estimate of drug-likeness (QED) is 0.598. The molecule has 0 bridgehead atoms. The Kier molecular flexibility index (Phi) is 5.44. The minimum absolute atomic E-state index is 0.190. The molecule has 2 aromatic rings. The van der Waals surface area contributed by atoms with Gasteiger partial charge in [-0.25, -0.2) is 0 Å². The highest BCUT2D eigenvalue weighted by Gasteiger charge is 2.34. The number of nitrogens with one attached hydrogen (secondary N) is 1. The number of hydrogen-bond acceptors (Lipinski definition) is 4. The first-order chi connectivity index (χ1) is 12.0. The van der Waals surface area contributed by atoms with Gasteiger partial charge < -0.3 is 0 Å². The van der Waals surface area contributed by atoms with E-state index in [-0.39, 0.29) is 14.9 Å². The number of hydrogen-bond donors (Lipinski definition) is 1. The number of rotatable bonds is 3. The Balaban J connectivity index is 1.79. The molecule has 0 aromatic heterocycles. The van der Waals surface area contributed by atoms with Crippen molar-refractivity contribution in [1.29, 1.82) is 0 Å². The third-order valence-electron chi connectivity index (χ3n) is 3.28. The Bertz CT molecular complexity index is 901. The zero-order valence-electron chi connectivity index (χ0n) is 12.5. The van der Waals surface area contributed by atoms with E-state index in [0.29, 0.717) is 9.93 Å². The van der Waals surface area contributed by atoms with Crippen LogP contribution in [-0.2, 0) is 4.79 Å². The van der Waals surface area contributed by atoms with Crippen LogP contribution < -0.4 is 5.43 Å². The predicted molar refractivity (Wildman–Crippen MR) is 105 cm³/mol. The van der Waals surface area contributed by atoms with Crippen molar-refractivity contribution in [2.75, 3.05) is 0 Å². The van der Waals surface area contributed by atoms with Crippen LogP contribution in [0.4, 0.5) is 0 Å². The SMILES string of the molecule is O=C(NN1C(=O)C(=Cc2ccccc2)SC1=S)c1ccc(Cl)cc1Cl. The summed E-state index contributed by atoms with van der Waals surface area (Å²) in [5.41, 5.74) is 3.56. The molecule has 0 spiro atoms. The molecule has 1 N–H and O–H groups in total. The van der Waals surface area contributed by atoms with E-state index in [2.05, 4.69) is 5.43 Å². The van der Waals surface area contributed by atoms with Gasteiger partial charge in [-0.05, 0) is 42.1 Å². The summed E-state index contributed by atoms with van der Waals surface area (Å²) in [6.07, 6.45) is 1.72. The van der Waals surface area contributed by atoms with Gasteiger partial charge in [0.1, 0.15) is 0 Å². The van der Waals surface area contributed by atoms with E-state index < -0.39 is 11.8 Å². The number of carbonyl (C=O) groups excluding carboxylic acids is 2. The van der Waals surface area contributed by atoms with Crippen molar-refractivity contribution in [2.45, 2.75) is 0 Å². The van der Waals surface area contributed by atoms with Crippen LogP contribution in [0.5, 0.6) is 0 Å². The molecule has 8 heteroatoms. The number of carbonyl (C=O) groups is 2. The first kappa shape index (κ1) is 17.9. The summed E-state index contributed by atoms with van der Waals surface area (Å²) in [5.74, 6) is -0.934. The highest BCUT2D eigenvalue weighted by Crippen LogP contribution is 2.31. The molecule has 2 amide bonds. The van der Waals surface area contributed by atoms with Gasteiger partial charge in [0.25, 0.3) is 11.8 Å². The molecular formula is C17H10Cl2N2O2S2. The molecule has 0 unspecified atom stereocenters. The van der Waals surface area contributed by atoms with Gasteiger partial charge in [-0.1, -0.05) is 65.3 Å². The second kappa shape index (κ2) is 7.58. The number of thioether (sulfide) groups is 1. The Morgan fingerprint density at radius 1 is 1.16 bits per heavy atom. The van der Waals surface area contributed by atoms with Crippen molar-refractivity contribution < 1.29 is 9.59 Å². The van der Waals surface area contributed by atoms with Gasteiger partial charge in [0.2, 0.25) is 0 Å². The maximum atomic E-state index is 12.5. The molecule has 0 saturated carbocycles. The standard InChI is InChI=1S/C17H10Cl2N2O2S2/c18-11-6-7-12(13(19)9-11)15(22)20-21-16(23)14(25-17(21)24)8-10-4-2-1-3-5-10/h1-9H,(H,20,22). The van der Waals surface area contributed by atoms with E-state index in [9.17, 15) is 9.59 Å². The van der Waals surface area contributed by atoms with Gasteiger partial charge in [0, 0.05) is 5.02 Å². The smallest absolute Gasteiger partial charge is 0.267 e. The summed E-state index contributed by atoms with van der Waals surface area (Å²) >= 11 is 18.2. The highest BCUT2D eigenvalue weighted by atomic mass is 35.5. The third-order valence-corrected chi connectivity index (χ3v) is 5.13. The Morgan fingerprint density at radius 2 is 1.88 bits per heavy atom. The van der Waals surface area contributed by atoms with E-state index in [0.717, 1.165) is 22.3 Å². The fourth-order valence-electron chi connectivity index (χ4n) is 2.10. The van der Waals surface area contributed by atoms with Crippen molar-refractivity contribution in [3.8, 4) is 0 Å². The lowest BCUT2D eigenvalue weighted by atomic mass is 10.2. The molecule has 25 heavy (non-hydrogen) atoms. The Labute approximate surface area is 163 Å². The van der Waals surface area contributed by atoms with Crippen LogP contribution in [0.25, 0.3) is 6.08 Å². The minimum Gasteiger partial charge on any atom is -0.267 e. The van der Waals surface area contributed by atoms with Crippen molar-refractivity contribution in [2.24, 2.45) is 0 Å². The average molecular weight is 409 g/mol. The van der Waals surface area contributed by atoms with Crippen LogP contribution in [0.3, 0.4) is 0 Å². The second-order valence-corrected chi connectivity index (χ2v) is 7.51. The average Bonchev–Trinajstić information content (AvgIpc) is 2.83. The molecule has 1 fully saturated rings. The third kappa shape index (κ3) is 4.04. The Morgan fingerprint density at radius 3 is 2.56 bits per heavy atom. The molecule has 1 aliphatic heterocycles. The summed E-state index contributed by atoms with van der Waals surface area (Å²) in [5, 5.41) is 1.65. The summed E-state index contributed by atoms with van der Waals surface area (Å²) in [6.45, 7) is 0. The zero-order chi connectivity index (χ0) is 18.0. The molecule has 0 atom stereocenters. The minimum atomic E-state index is -0.543. The van der Waals surface area contributed by atoms with Crippen LogP contribution in [0.15, 0.2) is 53.4 Å². The maximum absolute atomic E-state index is 12.5. The fourth-order valence-corrected chi connectivity index (χ4v) is 3.77. The largest absolute Gasteiger partial charge is 0.285 e. The van der Waals surface area contributed by atoms with E-state index in [1.54, 1.807) is 12.1 Å². The van der Waals surface area contributed by atoms with Crippen LogP contribution >= 0.6 is 47.2 Å². The highest BCUT2D eigenvalue weighted by molar-refractivity contribution is 8.26. The first-order valence-electron chi connectivity index (χ1n) is 7.05. The Hall–Kier alpha value is -1.86. The second-order valence-electron chi connectivity index (χ2n) is 4.99. The molecule has 0 aliphatic carbocycles. The summed E-state index contributed by atoms with van der Waals surface area (Å²) in [4.78, 5) is 25.3. The van der Waals surface area contributed by atoms with Crippen LogP contribution in [0.1, 0.15) is 15.9 Å². The van der Waals surface area contributed by atoms with Crippen molar-refractivity contribution in [3.05, 3.63) is 74.6 Å². The molecule has 1 heterocycles. The number of halogens is 2. The summed E-state index contributed by atoms with van der Waals surface area (Å²) in [6, 6.07) is 13.9. The number of thiocarbonyl (C=S) groups is 1. The lowest BCUT2D eigenvalue weighted by molar-refractivity contribution is -0.123. The van der Waals surface area contributed by atoms with Gasteiger partial charge in [-0.15, -0.1) is 0 Å². The lowest BCUT2D eigenvalue weighted by Gasteiger charge is -2.16. The monoisotopic (exact) mass is 408 g/mol. The fraction of sp³-hybridized carbons (Fsp3) is 0. The molecule has 4 nitrogen and oxygen atoms in total. The van der Waals surface area contributed by atoms with E-state index in [4.69, 9.17) is 35.4 Å². The molecule has 126 valence electrons. The van der Waals surface area contributed by atoms with Crippen molar-refractivity contribution >= 4 is 69.4 Å². The van der Waals surface area contributed by atoms with Crippen LogP contribution in [-0.4, -0.2) is 21.1 Å². The molecular weight excluding hydrogens is 399 g/mol. The summed E-state index contributed by atoms with van der Waals surface area (Å²) < 4.78 is 0.241. The van der Waals surface area contributed by atoms with Gasteiger partial charge in [-0.3, -0.25) is 15.0 Å². The van der Waals surface area contributed by atoms with Gasteiger partial charge in [0.05, 0.1) is 15.5 Å². The normalized spacial score (nSPS) is 15.8.